The molecule has 0 aromatic carbocycles. The number of likely N-dealkylation sites (tertiary alicyclic amines) is 1. The molecule has 3 rings (SSSR count). The molecule has 1 heterocycles. The highest BCUT2D eigenvalue weighted by molar-refractivity contribution is 5.08. The first-order chi connectivity index (χ1) is 6.21. The fourth-order valence-corrected chi connectivity index (χ4v) is 3.98. The van der Waals surface area contributed by atoms with E-state index in [9.17, 15) is 5.11 Å². The summed E-state index contributed by atoms with van der Waals surface area (Å²) in [5, 5.41) is 10.1. The monoisotopic (exact) mass is 181 g/mol. The third-order valence-corrected chi connectivity index (χ3v) is 4.75. The Balaban J connectivity index is 1.88. The highest BCUT2D eigenvalue weighted by Crippen LogP contribution is 2.60. The van der Waals surface area contributed by atoms with E-state index in [1.54, 1.807) is 0 Å². The molecule has 3 aliphatic rings. The molecule has 0 amide bonds. The number of piperidine rings is 1. The quantitative estimate of drug-likeness (QED) is 0.605. The summed E-state index contributed by atoms with van der Waals surface area (Å²) in [4.78, 5) is 2.41. The smallest absolute Gasteiger partial charge is 0.0626 e. The minimum Gasteiger partial charge on any atom is -0.392 e. The highest BCUT2D eigenvalue weighted by atomic mass is 16.3. The Morgan fingerprint density at radius 1 is 1.31 bits per heavy atom. The molecule has 1 aliphatic heterocycles. The summed E-state index contributed by atoms with van der Waals surface area (Å²) >= 11 is 0. The van der Waals surface area contributed by atoms with Gasteiger partial charge in [0.2, 0.25) is 0 Å². The van der Waals surface area contributed by atoms with Gasteiger partial charge in [-0.1, -0.05) is 6.42 Å². The average molecular weight is 181 g/mol. The van der Waals surface area contributed by atoms with Gasteiger partial charge in [-0.25, -0.2) is 0 Å². The van der Waals surface area contributed by atoms with E-state index < -0.39 is 0 Å². The Morgan fingerprint density at radius 3 is 2.69 bits per heavy atom. The van der Waals surface area contributed by atoms with Crippen molar-refractivity contribution < 1.29 is 5.11 Å². The van der Waals surface area contributed by atoms with E-state index in [1.807, 2.05) is 0 Å². The third-order valence-electron chi connectivity index (χ3n) is 4.75. The molecular weight excluding hydrogens is 162 g/mol. The van der Waals surface area contributed by atoms with Crippen LogP contribution < -0.4 is 0 Å². The molecule has 2 nitrogen and oxygen atoms in total. The van der Waals surface area contributed by atoms with Crippen LogP contribution in [0.25, 0.3) is 0 Å². The van der Waals surface area contributed by atoms with Gasteiger partial charge in [0.25, 0.3) is 0 Å². The van der Waals surface area contributed by atoms with Crippen molar-refractivity contribution >= 4 is 0 Å². The molecular formula is C11H19NO. The number of fused-ring (bicyclic) bond motifs is 3. The molecule has 2 saturated carbocycles. The van der Waals surface area contributed by atoms with Gasteiger partial charge in [0, 0.05) is 19.0 Å². The van der Waals surface area contributed by atoms with Crippen LogP contribution in [0.4, 0.5) is 0 Å². The summed E-state index contributed by atoms with van der Waals surface area (Å²) in [5.74, 6) is 1.19. The molecule has 0 aromatic rings. The summed E-state index contributed by atoms with van der Waals surface area (Å²) in [6.07, 6.45) is 5.51. The van der Waals surface area contributed by atoms with Crippen molar-refractivity contribution in [3.63, 3.8) is 0 Å². The molecule has 2 heteroatoms. The lowest BCUT2D eigenvalue weighted by Gasteiger charge is -2.45. The fraction of sp³-hybridized carbons (Fsp3) is 1.00. The van der Waals surface area contributed by atoms with Crippen molar-refractivity contribution in [2.45, 2.75) is 31.8 Å². The lowest BCUT2D eigenvalue weighted by molar-refractivity contribution is -0.0205. The molecule has 2 aliphatic carbocycles. The normalized spacial score (nSPS) is 48.0. The standard InChI is InChI=1S/C11H19NO/c1-12-6-8-5-11(3-2-4-11)9(7-12)10(8)13/h8-10,13H,2-7H2,1H3/t8-,9+,10-/m1/s1. The van der Waals surface area contributed by atoms with Gasteiger partial charge in [-0.3, -0.25) is 0 Å². The van der Waals surface area contributed by atoms with Gasteiger partial charge in [-0.05, 0) is 37.6 Å². The highest BCUT2D eigenvalue weighted by Gasteiger charge is 2.57. The van der Waals surface area contributed by atoms with Crippen molar-refractivity contribution in [2.75, 3.05) is 20.1 Å². The van der Waals surface area contributed by atoms with Gasteiger partial charge >= 0.3 is 0 Å². The molecule has 3 atom stereocenters. The Kier molecular flexibility index (Phi) is 1.58. The van der Waals surface area contributed by atoms with E-state index in [0.717, 1.165) is 13.1 Å². The molecule has 0 radical (unpaired) electrons. The zero-order valence-corrected chi connectivity index (χ0v) is 8.37. The van der Waals surface area contributed by atoms with Crippen LogP contribution in [0.2, 0.25) is 0 Å². The first-order valence-electron chi connectivity index (χ1n) is 5.58. The van der Waals surface area contributed by atoms with E-state index in [2.05, 4.69) is 11.9 Å². The van der Waals surface area contributed by atoms with Crippen molar-refractivity contribution in [3.8, 4) is 0 Å². The maximum atomic E-state index is 10.1. The number of nitrogens with zero attached hydrogens (tertiary/aromatic N) is 1. The second-order valence-electron chi connectivity index (χ2n) is 5.50. The minimum atomic E-state index is 0.0245. The predicted octanol–water partition coefficient (Wildman–Crippen LogP) is 1.10. The maximum Gasteiger partial charge on any atom is 0.0626 e. The van der Waals surface area contributed by atoms with E-state index in [-0.39, 0.29) is 6.10 Å². The Morgan fingerprint density at radius 2 is 2.08 bits per heavy atom. The molecule has 0 aromatic heterocycles. The molecule has 74 valence electrons. The molecule has 1 spiro atoms. The number of hydrogen-bond donors (Lipinski definition) is 1. The average Bonchev–Trinajstić information content (AvgIpc) is 2.25. The van der Waals surface area contributed by atoms with Crippen LogP contribution in [0.15, 0.2) is 0 Å². The van der Waals surface area contributed by atoms with E-state index in [0.29, 0.717) is 17.3 Å². The number of rotatable bonds is 0. The minimum absolute atomic E-state index is 0.0245. The van der Waals surface area contributed by atoms with Crippen LogP contribution >= 0.6 is 0 Å². The van der Waals surface area contributed by atoms with Crippen LogP contribution in [-0.4, -0.2) is 36.2 Å². The maximum absolute atomic E-state index is 10.1. The van der Waals surface area contributed by atoms with Crippen LogP contribution in [-0.2, 0) is 0 Å². The number of aliphatic hydroxyl groups is 1. The molecule has 1 saturated heterocycles. The van der Waals surface area contributed by atoms with Crippen molar-refractivity contribution in [1.29, 1.82) is 0 Å². The molecule has 0 unspecified atom stereocenters. The Labute approximate surface area is 79.9 Å². The second-order valence-corrected chi connectivity index (χ2v) is 5.50. The van der Waals surface area contributed by atoms with Crippen molar-refractivity contribution in [2.24, 2.45) is 17.3 Å². The zero-order valence-electron chi connectivity index (χ0n) is 8.37. The van der Waals surface area contributed by atoms with Gasteiger partial charge in [0.05, 0.1) is 6.10 Å². The van der Waals surface area contributed by atoms with Gasteiger partial charge < -0.3 is 10.0 Å². The van der Waals surface area contributed by atoms with E-state index >= 15 is 0 Å². The lowest BCUT2D eigenvalue weighted by atomic mass is 9.62. The Hall–Kier alpha value is -0.0800. The van der Waals surface area contributed by atoms with Crippen LogP contribution in [0.1, 0.15) is 25.7 Å². The van der Waals surface area contributed by atoms with Crippen molar-refractivity contribution in [3.05, 3.63) is 0 Å². The number of aliphatic hydroxyl groups excluding tert-OH is 1. The predicted molar refractivity (Wildman–Crippen MR) is 51.4 cm³/mol. The summed E-state index contributed by atoms with van der Waals surface area (Å²) in [6, 6.07) is 0. The Bertz CT molecular complexity index is 224. The zero-order chi connectivity index (χ0) is 9.05. The third kappa shape index (κ3) is 0.962. The summed E-state index contributed by atoms with van der Waals surface area (Å²) < 4.78 is 0. The molecule has 3 fully saturated rings. The largest absolute Gasteiger partial charge is 0.392 e. The van der Waals surface area contributed by atoms with Gasteiger partial charge in [-0.15, -0.1) is 0 Å². The van der Waals surface area contributed by atoms with Gasteiger partial charge in [-0.2, -0.15) is 0 Å². The fourth-order valence-electron chi connectivity index (χ4n) is 3.98. The molecule has 2 bridgehead atoms. The lowest BCUT2D eigenvalue weighted by Crippen LogP contribution is -2.47. The van der Waals surface area contributed by atoms with Crippen LogP contribution in [0, 0.1) is 17.3 Å². The number of hydrogen-bond acceptors (Lipinski definition) is 2. The van der Waals surface area contributed by atoms with Crippen LogP contribution in [0.5, 0.6) is 0 Å². The second kappa shape index (κ2) is 2.48. The first-order valence-corrected chi connectivity index (χ1v) is 5.58. The van der Waals surface area contributed by atoms with Gasteiger partial charge in [0.15, 0.2) is 0 Å². The summed E-state index contributed by atoms with van der Waals surface area (Å²) in [6.45, 7) is 2.26. The molecule has 13 heavy (non-hydrogen) atoms. The van der Waals surface area contributed by atoms with Crippen molar-refractivity contribution in [1.82, 2.24) is 4.90 Å². The van der Waals surface area contributed by atoms with E-state index in [4.69, 9.17) is 0 Å². The summed E-state index contributed by atoms with van der Waals surface area (Å²) in [7, 11) is 2.20. The molecule has 1 N–H and O–H groups in total. The van der Waals surface area contributed by atoms with E-state index in [1.165, 1.54) is 25.7 Å². The van der Waals surface area contributed by atoms with Crippen LogP contribution in [0.3, 0.4) is 0 Å². The SMILES string of the molecule is CN1C[C@H]2CC3(CCC3)[C@@H](C1)[C@@H]2O. The van der Waals surface area contributed by atoms with Gasteiger partial charge in [0.1, 0.15) is 0 Å². The topological polar surface area (TPSA) is 23.5 Å². The first kappa shape index (κ1) is 8.25. The summed E-state index contributed by atoms with van der Waals surface area (Å²) in [5.41, 5.74) is 0.578.